The average Bonchev–Trinajstić information content (AvgIpc) is 2.96. The fourth-order valence-corrected chi connectivity index (χ4v) is 3.54. The van der Waals surface area contributed by atoms with Crippen LogP contribution in [0, 0.1) is 12.7 Å². The van der Waals surface area contributed by atoms with E-state index in [4.69, 9.17) is 0 Å². The highest BCUT2D eigenvalue weighted by molar-refractivity contribution is 7.98. The third-order valence-electron chi connectivity index (χ3n) is 3.80. The molecule has 3 nitrogen and oxygen atoms in total. The van der Waals surface area contributed by atoms with Crippen LogP contribution in [0.15, 0.2) is 59.9 Å². The number of benzene rings is 2. The number of hydrogen-bond acceptors (Lipinski definition) is 3. The number of aliphatic hydroxyl groups excluding tert-OH is 1. The predicted molar refractivity (Wildman–Crippen MR) is 94.4 cm³/mol. The van der Waals surface area contributed by atoms with E-state index in [1.807, 2.05) is 16.7 Å². The molecule has 0 atom stereocenters. The molecule has 1 heterocycles. The van der Waals surface area contributed by atoms with E-state index in [0.29, 0.717) is 17.9 Å². The summed E-state index contributed by atoms with van der Waals surface area (Å²) in [6.07, 6.45) is 1.68. The van der Waals surface area contributed by atoms with Crippen molar-refractivity contribution in [2.45, 2.75) is 31.0 Å². The van der Waals surface area contributed by atoms with Gasteiger partial charge in [-0.05, 0) is 24.1 Å². The molecule has 0 fully saturated rings. The molecule has 0 spiro atoms. The lowest BCUT2D eigenvalue weighted by Crippen LogP contribution is -2.06. The van der Waals surface area contributed by atoms with Crippen LogP contribution in [0.3, 0.4) is 0 Å². The fourth-order valence-electron chi connectivity index (χ4n) is 2.55. The van der Waals surface area contributed by atoms with E-state index in [9.17, 15) is 9.50 Å². The van der Waals surface area contributed by atoms with Gasteiger partial charge in [0.1, 0.15) is 5.82 Å². The van der Waals surface area contributed by atoms with Gasteiger partial charge in [0.25, 0.3) is 0 Å². The van der Waals surface area contributed by atoms with Gasteiger partial charge in [0.15, 0.2) is 5.16 Å². The molecule has 2 aromatic carbocycles. The van der Waals surface area contributed by atoms with Gasteiger partial charge in [0.05, 0.1) is 18.5 Å². The van der Waals surface area contributed by atoms with Crippen molar-refractivity contribution in [3.8, 4) is 0 Å². The second-order valence-corrected chi connectivity index (χ2v) is 6.59. The van der Waals surface area contributed by atoms with Gasteiger partial charge in [0, 0.05) is 12.3 Å². The minimum Gasteiger partial charge on any atom is -0.390 e. The minimum absolute atomic E-state index is 0.0704. The Morgan fingerprint density at radius 2 is 2.00 bits per heavy atom. The molecule has 0 aliphatic carbocycles. The number of rotatable bonds is 6. The Balaban J connectivity index is 1.81. The molecule has 0 unspecified atom stereocenters. The normalized spacial score (nSPS) is 11.0. The number of aryl methyl sites for hydroxylation is 1. The zero-order valence-electron chi connectivity index (χ0n) is 13.4. The van der Waals surface area contributed by atoms with Crippen molar-refractivity contribution in [1.82, 2.24) is 9.55 Å². The molecule has 0 saturated heterocycles. The van der Waals surface area contributed by atoms with Gasteiger partial charge in [0.2, 0.25) is 0 Å². The van der Waals surface area contributed by atoms with Gasteiger partial charge in [-0.1, -0.05) is 59.8 Å². The van der Waals surface area contributed by atoms with Crippen LogP contribution in [0.1, 0.15) is 22.4 Å². The van der Waals surface area contributed by atoms with Crippen LogP contribution in [-0.2, 0) is 18.9 Å². The maximum absolute atomic E-state index is 13.8. The largest absolute Gasteiger partial charge is 0.390 e. The quantitative estimate of drug-likeness (QED) is 0.684. The zero-order chi connectivity index (χ0) is 16.9. The Kier molecular flexibility index (Phi) is 5.33. The summed E-state index contributed by atoms with van der Waals surface area (Å²) in [6.45, 7) is 2.62. The maximum Gasteiger partial charge on any atom is 0.168 e. The average molecular weight is 342 g/mol. The molecule has 0 radical (unpaired) electrons. The van der Waals surface area contributed by atoms with Gasteiger partial charge < -0.3 is 9.67 Å². The van der Waals surface area contributed by atoms with Crippen LogP contribution in [0.5, 0.6) is 0 Å². The summed E-state index contributed by atoms with van der Waals surface area (Å²) in [5, 5.41) is 10.3. The molecule has 5 heteroatoms. The van der Waals surface area contributed by atoms with Gasteiger partial charge >= 0.3 is 0 Å². The van der Waals surface area contributed by atoms with E-state index in [-0.39, 0.29) is 12.4 Å². The Bertz CT molecular complexity index is 832. The minimum atomic E-state index is -0.204. The molecule has 0 amide bonds. The molecule has 0 bridgehead atoms. The number of aromatic nitrogens is 2. The highest BCUT2D eigenvalue weighted by Gasteiger charge is 2.12. The van der Waals surface area contributed by atoms with E-state index >= 15 is 0 Å². The van der Waals surface area contributed by atoms with Crippen LogP contribution >= 0.6 is 11.8 Å². The van der Waals surface area contributed by atoms with E-state index in [1.54, 1.807) is 18.3 Å². The Hall–Kier alpha value is -2.11. The van der Waals surface area contributed by atoms with Crippen molar-refractivity contribution in [1.29, 1.82) is 0 Å². The Morgan fingerprint density at radius 1 is 1.17 bits per heavy atom. The second kappa shape index (κ2) is 7.64. The van der Waals surface area contributed by atoms with E-state index in [2.05, 4.69) is 30.1 Å². The van der Waals surface area contributed by atoms with Crippen LogP contribution in [0.4, 0.5) is 4.39 Å². The van der Waals surface area contributed by atoms with Crippen molar-refractivity contribution in [3.05, 3.63) is 82.9 Å². The monoisotopic (exact) mass is 342 g/mol. The lowest BCUT2D eigenvalue weighted by Gasteiger charge is -2.11. The van der Waals surface area contributed by atoms with Crippen molar-refractivity contribution in [2.24, 2.45) is 0 Å². The topological polar surface area (TPSA) is 38.0 Å². The summed E-state index contributed by atoms with van der Waals surface area (Å²) in [5.74, 6) is 0.298. The zero-order valence-corrected chi connectivity index (χ0v) is 14.3. The van der Waals surface area contributed by atoms with Gasteiger partial charge in [-0.15, -0.1) is 0 Å². The summed E-state index contributed by atoms with van der Waals surface area (Å²) >= 11 is 1.47. The van der Waals surface area contributed by atoms with Crippen LogP contribution in [0.2, 0.25) is 0 Å². The smallest absolute Gasteiger partial charge is 0.168 e. The number of aliphatic hydroxyl groups is 1. The third kappa shape index (κ3) is 3.86. The molecule has 1 aromatic heterocycles. The molecule has 0 saturated carbocycles. The first kappa shape index (κ1) is 16.7. The fraction of sp³-hybridized carbons (Fsp3) is 0.211. The SMILES string of the molecule is Cc1cccc(Cn2c(CO)cnc2SCc2ccccc2F)c1. The first-order valence-corrected chi connectivity index (χ1v) is 8.73. The van der Waals surface area contributed by atoms with Gasteiger partial charge in [-0.3, -0.25) is 0 Å². The van der Waals surface area contributed by atoms with Gasteiger partial charge in [-0.2, -0.15) is 0 Å². The second-order valence-electron chi connectivity index (χ2n) is 5.65. The number of imidazole rings is 1. The summed E-state index contributed by atoms with van der Waals surface area (Å²) in [4.78, 5) is 4.39. The number of thioether (sulfide) groups is 1. The van der Waals surface area contributed by atoms with Crippen LogP contribution < -0.4 is 0 Å². The predicted octanol–water partition coefficient (Wildman–Crippen LogP) is 4.16. The summed E-state index contributed by atoms with van der Waals surface area (Å²) in [7, 11) is 0. The molecule has 24 heavy (non-hydrogen) atoms. The standard InChI is InChI=1S/C19H19FN2OS/c1-14-5-4-6-15(9-14)11-22-17(12-23)10-21-19(22)24-13-16-7-2-3-8-18(16)20/h2-10,23H,11-13H2,1H3. The molecule has 124 valence electrons. The number of nitrogens with zero attached hydrogens (tertiary/aromatic N) is 2. The summed E-state index contributed by atoms with van der Waals surface area (Å²) in [6, 6.07) is 15.0. The molecule has 3 aromatic rings. The van der Waals surface area contributed by atoms with Crippen molar-refractivity contribution in [2.75, 3.05) is 0 Å². The van der Waals surface area contributed by atoms with Crippen LogP contribution in [0.25, 0.3) is 0 Å². The third-order valence-corrected chi connectivity index (χ3v) is 4.84. The van der Waals surface area contributed by atoms with Crippen molar-refractivity contribution >= 4 is 11.8 Å². The van der Waals surface area contributed by atoms with Crippen molar-refractivity contribution < 1.29 is 9.50 Å². The van der Waals surface area contributed by atoms with Crippen molar-refractivity contribution in [3.63, 3.8) is 0 Å². The summed E-state index contributed by atoms with van der Waals surface area (Å²) in [5.41, 5.74) is 3.75. The first-order chi connectivity index (χ1) is 11.7. The highest BCUT2D eigenvalue weighted by atomic mass is 32.2. The number of hydrogen-bond donors (Lipinski definition) is 1. The van der Waals surface area contributed by atoms with E-state index < -0.39 is 0 Å². The lowest BCUT2D eigenvalue weighted by molar-refractivity contribution is 0.270. The number of halogens is 1. The first-order valence-electron chi connectivity index (χ1n) is 7.74. The molecule has 3 rings (SSSR count). The summed E-state index contributed by atoms with van der Waals surface area (Å²) < 4.78 is 15.8. The molecular formula is C19H19FN2OS. The molecular weight excluding hydrogens is 323 g/mol. The van der Waals surface area contributed by atoms with E-state index in [0.717, 1.165) is 16.4 Å². The Morgan fingerprint density at radius 3 is 2.75 bits per heavy atom. The maximum atomic E-state index is 13.8. The lowest BCUT2D eigenvalue weighted by atomic mass is 10.1. The van der Waals surface area contributed by atoms with Gasteiger partial charge in [-0.25, -0.2) is 9.37 Å². The molecule has 1 N–H and O–H groups in total. The highest BCUT2D eigenvalue weighted by Crippen LogP contribution is 2.25. The van der Waals surface area contributed by atoms with E-state index in [1.165, 1.54) is 23.4 Å². The molecule has 0 aliphatic heterocycles. The molecule has 0 aliphatic rings. The van der Waals surface area contributed by atoms with Crippen LogP contribution in [-0.4, -0.2) is 14.7 Å². The Labute approximate surface area is 145 Å².